The van der Waals surface area contributed by atoms with E-state index in [1.807, 2.05) is 37.5 Å². The molecule has 2 saturated heterocycles. The van der Waals surface area contributed by atoms with Gasteiger partial charge in [0, 0.05) is 49.0 Å². The average molecular weight is 589 g/mol. The number of likely N-dealkylation sites (tertiary alicyclic amines) is 1. The number of nitrogens with one attached hydrogen (secondary N) is 1. The lowest BCUT2D eigenvalue weighted by molar-refractivity contribution is 0.0868. The Labute approximate surface area is 250 Å². The summed E-state index contributed by atoms with van der Waals surface area (Å²) >= 11 is 0. The van der Waals surface area contributed by atoms with Crippen molar-refractivity contribution in [3.63, 3.8) is 0 Å². The zero-order valence-corrected chi connectivity index (χ0v) is 25.1. The number of piperidine rings is 1. The molecule has 2 fully saturated rings. The Morgan fingerprint density at radius 1 is 0.977 bits per heavy atom. The smallest absolute Gasteiger partial charge is 0.227 e. The van der Waals surface area contributed by atoms with Crippen LogP contribution in [-0.2, 0) is 0 Å². The molecule has 0 bridgehead atoms. The van der Waals surface area contributed by atoms with Crippen molar-refractivity contribution >= 4 is 28.4 Å². The lowest BCUT2D eigenvalue weighted by Crippen LogP contribution is -2.60. The molecule has 0 saturated carbocycles. The van der Waals surface area contributed by atoms with E-state index >= 15 is 8.78 Å². The molecule has 0 aliphatic carbocycles. The number of hydrogen-bond donors (Lipinski definition) is 1. The normalized spacial score (nSPS) is 19.9. The summed E-state index contributed by atoms with van der Waals surface area (Å²) < 4.78 is 38.3. The van der Waals surface area contributed by atoms with Crippen LogP contribution in [0.2, 0.25) is 0 Å². The minimum Gasteiger partial charge on any atom is -0.489 e. The summed E-state index contributed by atoms with van der Waals surface area (Å²) in [5, 5.41) is 3.19. The van der Waals surface area contributed by atoms with E-state index in [0.29, 0.717) is 35.6 Å². The molecular weight excluding hydrogens is 550 g/mol. The predicted molar refractivity (Wildman–Crippen MR) is 164 cm³/mol. The fourth-order valence-electron chi connectivity index (χ4n) is 6.98. The topological polar surface area (TPSA) is 74.6 Å². The summed E-state index contributed by atoms with van der Waals surface area (Å²) in [5.74, 6) is 0.578. The number of hydrogen-bond acceptors (Lipinski definition) is 8. The molecule has 226 valence electrons. The monoisotopic (exact) mass is 588 g/mol. The van der Waals surface area contributed by atoms with Gasteiger partial charge in [0.1, 0.15) is 29.4 Å². The second kappa shape index (κ2) is 11.0. The number of imidazole rings is 1. The first-order chi connectivity index (χ1) is 20.7. The summed E-state index contributed by atoms with van der Waals surface area (Å²) in [6.07, 6.45) is 3.57. The largest absolute Gasteiger partial charge is 0.489 e. The SMILES string of the molecule is Cc1nc2c(F)cc(-c3nc(Nc4ccc5c(c4)OC[C@H]4CN(C6CCN(C)CC6)CCN54)ncc3F)cc2n1C(C)C. The van der Waals surface area contributed by atoms with Gasteiger partial charge in [-0.3, -0.25) is 4.90 Å². The van der Waals surface area contributed by atoms with E-state index < -0.39 is 11.6 Å². The molecule has 4 aromatic rings. The number of anilines is 3. The molecule has 0 radical (unpaired) electrons. The molecule has 0 amide bonds. The number of aryl methyl sites for hydroxylation is 1. The van der Waals surface area contributed by atoms with E-state index in [1.165, 1.54) is 32.0 Å². The Balaban J connectivity index is 1.10. The standard InChI is InChI=1S/C32H38F2N8O/c1-19(2)42-20(3)36-31-25(33)13-21(14-28(31)42)30-26(34)16-35-32(38-30)37-22-5-6-27-29(15-22)43-18-24-17-40(11-12-41(24)27)23-7-9-39(4)10-8-23/h5-6,13-16,19,23-24H,7-12,17-18H2,1-4H3,(H,35,37,38)/t24-/m1/s1. The van der Waals surface area contributed by atoms with Crippen molar-refractivity contribution in [2.45, 2.75) is 51.7 Å². The summed E-state index contributed by atoms with van der Waals surface area (Å²) in [6.45, 7) is 11.9. The Morgan fingerprint density at radius 3 is 2.58 bits per heavy atom. The van der Waals surface area contributed by atoms with Gasteiger partial charge in [0.15, 0.2) is 11.6 Å². The van der Waals surface area contributed by atoms with Gasteiger partial charge in [0.05, 0.1) is 23.4 Å². The third-order valence-electron chi connectivity index (χ3n) is 9.13. The number of rotatable bonds is 5. The van der Waals surface area contributed by atoms with Crippen LogP contribution < -0.4 is 15.0 Å². The molecule has 0 spiro atoms. The fourth-order valence-corrected chi connectivity index (χ4v) is 6.98. The molecule has 7 rings (SSSR count). The number of aromatic nitrogens is 4. The maximum absolute atomic E-state index is 15.1. The van der Waals surface area contributed by atoms with Crippen LogP contribution in [0.25, 0.3) is 22.3 Å². The van der Waals surface area contributed by atoms with Gasteiger partial charge in [-0.05, 0) is 78.0 Å². The number of fused-ring (bicyclic) bond motifs is 4. The van der Waals surface area contributed by atoms with E-state index in [-0.39, 0.29) is 23.2 Å². The summed E-state index contributed by atoms with van der Waals surface area (Å²) in [6, 6.07) is 10.1. The molecule has 5 heterocycles. The molecular formula is C32H38F2N8O. The van der Waals surface area contributed by atoms with Gasteiger partial charge in [-0.25, -0.2) is 23.7 Å². The number of halogens is 2. The van der Waals surface area contributed by atoms with Crippen LogP contribution in [-0.4, -0.2) is 87.8 Å². The second-order valence-corrected chi connectivity index (χ2v) is 12.3. The molecule has 0 unspecified atom stereocenters. The van der Waals surface area contributed by atoms with Crippen molar-refractivity contribution in [3.05, 3.63) is 54.0 Å². The molecule has 2 aromatic heterocycles. The molecule has 3 aliphatic rings. The first-order valence-corrected chi connectivity index (χ1v) is 15.2. The van der Waals surface area contributed by atoms with Gasteiger partial charge in [-0.1, -0.05) is 0 Å². The van der Waals surface area contributed by atoms with Gasteiger partial charge >= 0.3 is 0 Å². The zero-order valence-electron chi connectivity index (χ0n) is 25.1. The summed E-state index contributed by atoms with van der Waals surface area (Å²) in [7, 11) is 2.20. The van der Waals surface area contributed by atoms with Crippen LogP contribution in [0, 0.1) is 18.6 Å². The van der Waals surface area contributed by atoms with Gasteiger partial charge in [0.25, 0.3) is 0 Å². The van der Waals surface area contributed by atoms with Gasteiger partial charge in [-0.15, -0.1) is 0 Å². The van der Waals surface area contributed by atoms with Gasteiger partial charge in [-0.2, -0.15) is 0 Å². The van der Waals surface area contributed by atoms with Gasteiger partial charge in [0.2, 0.25) is 5.95 Å². The molecule has 43 heavy (non-hydrogen) atoms. The van der Waals surface area contributed by atoms with Crippen LogP contribution in [0.1, 0.15) is 38.6 Å². The highest BCUT2D eigenvalue weighted by atomic mass is 19.1. The zero-order chi connectivity index (χ0) is 29.8. The van der Waals surface area contributed by atoms with Crippen LogP contribution in [0.4, 0.5) is 26.1 Å². The molecule has 1 atom stereocenters. The van der Waals surface area contributed by atoms with Crippen molar-refractivity contribution in [1.29, 1.82) is 0 Å². The minimum atomic E-state index is -0.629. The third-order valence-corrected chi connectivity index (χ3v) is 9.13. The lowest BCUT2D eigenvalue weighted by Gasteiger charge is -2.48. The highest BCUT2D eigenvalue weighted by molar-refractivity contribution is 5.83. The highest BCUT2D eigenvalue weighted by Gasteiger charge is 2.36. The van der Waals surface area contributed by atoms with Crippen LogP contribution >= 0.6 is 0 Å². The number of ether oxygens (including phenoxy) is 1. The van der Waals surface area contributed by atoms with E-state index in [9.17, 15) is 0 Å². The third kappa shape index (κ3) is 5.18. The van der Waals surface area contributed by atoms with Crippen molar-refractivity contribution in [3.8, 4) is 17.0 Å². The number of piperazine rings is 1. The van der Waals surface area contributed by atoms with Crippen LogP contribution in [0.3, 0.4) is 0 Å². The van der Waals surface area contributed by atoms with E-state index in [2.05, 4.69) is 48.1 Å². The first-order valence-electron chi connectivity index (χ1n) is 15.2. The molecule has 3 aliphatic heterocycles. The highest BCUT2D eigenvalue weighted by Crippen LogP contribution is 2.38. The predicted octanol–water partition coefficient (Wildman–Crippen LogP) is 5.38. The Kier molecular flexibility index (Phi) is 7.17. The molecule has 9 nitrogen and oxygen atoms in total. The van der Waals surface area contributed by atoms with Crippen molar-refractivity contribution in [2.24, 2.45) is 0 Å². The average Bonchev–Trinajstić information content (AvgIpc) is 3.34. The molecule has 1 N–H and O–H groups in total. The Bertz CT molecular complexity index is 1670. The quantitative estimate of drug-likeness (QED) is 0.333. The van der Waals surface area contributed by atoms with E-state index in [1.54, 1.807) is 6.07 Å². The van der Waals surface area contributed by atoms with Crippen LogP contribution in [0.15, 0.2) is 36.5 Å². The van der Waals surface area contributed by atoms with Crippen molar-refractivity contribution < 1.29 is 13.5 Å². The second-order valence-electron chi connectivity index (χ2n) is 12.3. The van der Waals surface area contributed by atoms with Crippen molar-refractivity contribution in [2.75, 3.05) is 56.6 Å². The van der Waals surface area contributed by atoms with E-state index in [0.717, 1.165) is 43.0 Å². The Morgan fingerprint density at radius 2 is 1.79 bits per heavy atom. The lowest BCUT2D eigenvalue weighted by atomic mass is 10.00. The Hall–Kier alpha value is -3.83. The molecule has 2 aromatic carbocycles. The van der Waals surface area contributed by atoms with Gasteiger partial charge < -0.3 is 24.4 Å². The van der Waals surface area contributed by atoms with Crippen LogP contribution in [0.5, 0.6) is 5.75 Å². The fraction of sp³-hybridized carbons (Fsp3) is 0.469. The van der Waals surface area contributed by atoms with Crippen molar-refractivity contribution in [1.82, 2.24) is 29.3 Å². The van der Waals surface area contributed by atoms with E-state index in [4.69, 9.17) is 4.74 Å². The molecule has 11 heteroatoms. The summed E-state index contributed by atoms with van der Waals surface area (Å²) in [4.78, 5) is 20.5. The maximum Gasteiger partial charge on any atom is 0.227 e. The maximum atomic E-state index is 15.1. The summed E-state index contributed by atoms with van der Waals surface area (Å²) in [5.41, 5.74) is 3.04. The minimum absolute atomic E-state index is 0.0204. The number of benzene rings is 2. The number of nitrogens with zero attached hydrogens (tertiary/aromatic N) is 7. The first kappa shape index (κ1) is 28.0.